The molecule has 20 heavy (non-hydrogen) atoms. The zero-order chi connectivity index (χ0) is 16.4. The minimum Gasteiger partial charge on any atom is -0.393 e. The van der Waals surface area contributed by atoms with E-state index >= 15 is 0 Å². The van der Waals surface area contributed by atoms with Crippen LogP contribution in [0, 0.1) is 0 Å². The van der Waals surface area contributed by atoms with Gasteiger partial charge in [-0.3, -0.25) is 13.9 Å². The third-order valence-corrected chi connectivity index (χ3v) is 3.28. The predicted octanol–water partition coefficient (Wildman–Crippen LogP) is -0.0152. The maximum atomic E-state index is 12.5. The molecule has 1 N–H and O–H groups in total. The van der Waals surface area contributed by atoms with Crippen LogP contribution in [0.3, 0.4) is 0 Å². The summed E-state index contributed by atoms with van der Waals surface area (Å²) in [4.78, 5) is 28.8. The lowest BCUT2D eigenvalue weighted by Crippen LogP contribution is -2.39. The Labute approximate surface area is 118 Å². The molecule has 7 nitrogen and oxygen atoms in total. The Balaban J connectivity index is 2.47. The quantitative estimate of drug-likeness (QED) is 0.782. The van der Waals surface area contributed by atoms with E-state index in [9.17, 15) is 14.7 Å². The summed E-state index contributed by atoms with van der Waals surface area (Å²) in [6.07, 6.45) is 2.81. The molecule has 1 atom stereocenters. The van der Waals surface area contributed by atoms with E-state index in [2.05, 4.69) is 4.98 Å². The van der Waals surface area contributed by atoms with Crippen molar-refractivity contribution in [2.45, 2.75) is 38.8 Å². The van der Waals surface area contributed by atoms with Gasteiger partial charge in [-0.25, -0.2) is 9.78 Å². The first kappa shape index (κ1) is 11.9. The van der Waals surface area contributed by atoms with Gasteiger partial charge in [0.25, 0.3) is 5.56 Å². The van der Waals surface area contributed by atoms with Crippen molar-refractivity contribution in [2.24, 2.45) is 14.0 Å². The van der Waals surface area contributed by atoms with Crippen molar-refractivity contribution in [3.63, 3.8) is 0 Å². The summed E-state index contributed by atoms with van der Waals surface area (Å²) < 4.78 is 18.5. The standard InChI is InChI=1S/C13H20N4O3/c1-9(18)6-4-5-7-17-12(19)10-11(14-8-15(10)2)16(3)13(17)20/h8-9,18H,4-7H2,1-3H3/i3D2. The molecule has 2 rings (SSSR count). The summed E-state index contributed by atoms with van der Waals surface area (Å²) in [6, 6.07) is 0. The lowest BCUT2D eigenvalue weighted by molar-refractivity contribution is 0.180. The summed E-state index contributed by atoms with van der Waals surface area (Å²) >= 11 is 0. The van der Waals surface area contributed by atoms with Crippen molar-refractivity contribution in [3.8, 4) is 0 Å². The van der Waals surface area contributed by atoms with Gasteiger partial charge in [-0.05, 0) is 26.2 Å². The number of aromatic nitrogens is 4. The highest BCUT2D eigenvalue weighted by atomic mass is 16.3. The van der Waals surface area contributed by atoms with E-state index in [0.717, 1.165) is 9.13 Å². The van der Waals surface area contributed by atoms with Crippen LogP contribution < -0.4 is 11.2 Å². The minimum atomic E-state index is -1.57. The number of hydrogen-bond acceptors (Lipinski definition) is 4. The Morgan fingerprint density at radius 2 is 2.20 bits per heavy atom. The first-order valence-corrected chi connectivity index (χ1v) is 6.53. The molecule has 7 heteroatoms. The van der Waals surface area contributed by atoms with E-state index in [1.807, 2.05) is 0 Å². The number of imidazole rings is 1. The maximum absolute atomic E-state index is 12.5. The molecule has 0 amide bonds. The van der Waals surface area contributed by atoms with Crippen LogP contribution in [0.25, 0.3) is 11.2 Å². The number of aliphatic hydroxyl groups excluding tert-OH is 1. The van der Waals surface area contributed by atoms with Crippen LogP contribution in [-0.2, 0) is 20.6 Å². The van der Waals surface area contributed by atoms with E-state index < -0.39 is 24.4 Å². The number of rotatable bonds is 5. The van der Waals surface area contributed by atoms with Gasteiger partial charge in [-0.2, -0.15) is 0 Å². The van der Waals surface area contributed by atoms with Gasteiger partial charge in [0.1, 0.15) is 0 Å². The van der Waals surface area contributed by atoms with E-state index in [0.29, 0.717) is 19.3 Å². The fraction of sp³-hybridized carbons (Fsp3) is 0.615. The van der Waals surface area contributed by atoms with Crippen molar-refractivity contribution in [1.82, 2.24) is 18.7 Å². The molecule has 0 saturated heterocycles. The molecule has 0 fully saturated rings. The molecular formula is C13H20N4O3. The third-order valence-electron chi connectivity index (χ3n) is 3.28. The summed E-state index contributed by atoms with van der Waals surface area (Å²) in [5, 5.41) is 9.23. The highest BCUT2D eigenvalue weighted by Gasteiger charge is 2.14. The van der Waals surface area contributed by atoms with Crippen molar-refractivity contribution in [3.05, 3.63) is 27.2 Å². The van der Waals surface area contributed by atoms with Gasteiger partial charge in [0.2, 0.25) is 0 Å². The lowest BCUT2D eigenvalue weighted by atomic mass is 10.2. The number of hydrogen-bond donors (Lipinski definition) is 1. The Bertz CT molecular complexity index is 776. The number of fused-ring (bicyclic) bond motifs is 1. The van der Waals surface area contributed by atoms with E-state index in [4.69, 9.17) is 2.74 Å². The molecule has 0 saturated carbocycles. The largest absolute Gasteiger partial charge is 0.393 e. The fourth-order valence-electron chi connectivity index (χ4n) is 2.18. The summed E-state index contributed by atoms with van der Waals surface area (Å²) in [6.45, 7) is 0.304. The average Bonchev–Trinajstić information content (AvgIpc) is 2.79. The van der Waals surface area contributed by atoms with E-state index in [-0.39, 0.29) is 17.7 Å². The SMILES string of the molecule is [2H]C([2H])n1c(=O)n(CCCCC(C)O)c(=O)c2c1ncn2C. The number of nitrogens with zero attached hydrogens (tertiary/aromatic N) is 4. The van der Waals surface area contributed by atoms with Crippen LogP contribution >= 0.6 is 0 Å². The first-order valence-electron chi connectivity index (χ1n) is 7.69. The van der Waals surface area contributed by atoms with Crippen molar-refractivity contribution < 1.29 is 7.85 Å². The third kappa shape index (κ3) is 2.53. The van der Waals surface area contributed by atoms with E-state index in [1.54, 1.807) is 14.0 Å². The van der Waals surface area contributed by atoms with Crippen LogP contribution in [-0.4, -0.2) is 29.9 Å². The van der Waals surface area contributed by atoms with Crippen LogP contribution in [0.4, 0.5) is 0 Å². The van der Waals surface area contributed by atoms with Crippen LogP contribution in [0.15, 0.2) is 15.9 Å². The molecule has 110 valence electrons. The van der Waals surface area contributed by atoms with Gasteiger partial charge in [0, 0.05) is 23.3 Å². The van der Waals surface area contributed by atoms with Gasteiger partial charge in [-0.15, -0.1) is 0 Å². The highest BCUT2D eigenvalue weighted by molar-refractivity contribution is 5.69. The molecule has 2 heterocycles. The molecule has 0 aromatic carbocycles. The molecule has 0 aliphatic rings. The maximum Gasteiger partial charge on any atom is 0.332 e. The molecule has 1 unspecified atom stereocenters. The lowest BCUT2D eigenvalue weighted by Gasteiger charge is -2.09. The molecule has 2 aromatic heterocycles. The van der Waals surface area contributed by atoms with Gasteiger partial charge in [0.15, 0.2) is 11.2 Å². The zero-order valence-electron chi connectivity index (χ0n) is 13.6. The van der Waals surface area contributed by atoms with Crippen molar-refractivity contribution in [2.75, 3.05) is 0 Å². The van der Waals surface area contributed by atoms with Crippen LogP contribution in [0.2, 0.25) is 0 Å². The molecule has 0 aliphatic carbocycles. The molecule has 0 aliphatic heterocycles. The average molecular weight is 282 g/mol. The Morgan fingerprint density at radius 3 is 2.85 bits per heavy atom. The molecule has 2 aromatic rings. The zero-order valence-corrected chi connectivity index (χ0v) is 11.6. The van der Waals surface area contributed by atoms with Gasteiger partial charge in [-0.1, -0.05) is 0 Å². The number of aryl methyl sites for hydroxylation is 2. The number of unbranched alkanes of at least 4 members (excludes halogenated alkanes) is 1. The van der Waals surface area contributed by atoms with E-state index in [1.165, 1.54) is 10.9 Å². The topological polar surface area (TPSA) is 82.0 Å². The first-order chi connectivity index (χ1) is 10.3. The van der Waals surface area contributed by atoms with Crippen LogP contribution in [0.5, 0.6) is 0 Å². The summed E-state index contributed by atoms with van der Waals surface area (Å²) in [5.41, 5.74) is -0.885. The van der Waals surface area contributed by atoms with Gasteiger partial charge >= 0.3 is 5.69 Å². The minimum absolute atomic E-state index is 0.0627. The van der Waals surface area contributed by atoms with Crippen LogP contribution in [0.1, 0.15) is 28.9 Å². The second-order valence-electron chi connectivity index (χ2n) is 4.98. The van der Waals surface area contributed by atoms with Gasteiger partial charge in [0.05, 0.1) is 12.4 Å². The molecule has 0 bridgehead atoms. The second kappa shape index (κ2) is 5.62. The Morgan fingerprint density at radius 1 is 1.45 bits per heavy atom. The summed E-state index contributed by atoms with van der Waals surface area (Å²) in [5.74, 6) is 0. The number of aliphatic hydroxyl groups is 1. The second-order valence-corrected chi connectivity index (χ2v) is 4.98. The fourth-order valence-corrected chi connectivity index (χ4v) is 2.18. The Kier molecular flexibility index (Phi) is 3.34. The van der Waals surface area contributed by atoms with Crippen molar-refractivity contribution in [1.29, 1.82) is 0 Å². The smallest absolute Gasteiger partial charge is 0.332 e. The highest BCUT2D eigenvalue weighted by Crippen LogP contribution is 2.04. The normalized spacial score (nSPS) is 14.6. The summed E-state index contributed by atoms with van der Waals surface area (Å²) in [7, 11) is 1.63. The predicted molar refractivity (Wildman–Crippen MR) is 75.7 cm³/mol. The Hall–Kier alpha value is -1.89. The monoisotopic (exact) mass is 282 g/mol. The van der Waals surface area contributed by atoms with Crippen molar-refractivity contribution >= 4 is 11.2 Å². The molecular weight excluding hydrogens is 260 g/mol. The van der Waals surface area contributed by atoms with Gasteiger partial charge < -0.3 is 9.67 Å². The molecule has 0 radical (unpaired) electrons. The molecule has 0 spiro atoms.